The van der Waals surface area contributed by atoms with Gasteiger partial charge in [-0.25, -0.2) is 0 Å². The monoisotopic (exact) mass is 691 g/mol. The highest BCUT2D eigenvalue weighted by Gasteiger charge is 2.21. The van der Waals surface area contributed by atoms with E-state index in [0.29, 0.717) is 38.3 Å². The van der Waals surface area contributed by atoms with Crippen molar-refractivity contribution in [3.05, 3.63) is 97.1 Å². The van der Waals surface area contributed by atoms with Gasteiger partial charge < -0.3 is 5.73 Å². The zero-order valence-corrected chi connectivity index (χ0v) is 26.1. The number of azo groups is 2. The van der Waals surface area contributed by atoms with Gasteiger partial charge in [-0.05, 0) is 60.0 Å². The fourth-order valence-corrected chi connectivity index (χ4v) is 6.62. The Morgan fingerprint density at radius 2 is 0.957 bits per heavy atom. The van der Waals surface area contributed by atoms with E-state index in [1.54, 1.807) is 42.5 Å². The maximum atomic E-state index is 12.2. The third-order valence-corrected chi connectivity index (χ3v) is 9.79. The summed E-state index contributed by atoms with van der Waals surface area (Å²) in [6, 6.07) is 22.9. The first kappa shape index (κ1) is 31.8. The summed E-state index contributed by atoms with van der Waals surface area (Å²) in [6.45, 7) is 0. The van der Waals surface area contributed by atoms with E-state index in [1.165, 1.54) is 36.4 Å². The van der Waals surface area contributed by atoms with Crippen LogP contribution in [0.1, 0.15) is 0 Å². The molecule has 0 aliphatic rings. The van der Waals surface area contributed by atoms with Gasteiger partial charge in [0.05, 0.1) is 26.9 Å². The van der Waals surface area contributed by atoms with Crippen LogP contribution in [0.25, 0.3) is 32.3 Å². The van der Waals surface area contributed by atoms with Gasteiger partial charge in [-0.1, -0.05) is 42.5 Å². The lowest BCUT2D eigenvalue weighted by Gasteiger charge is -2.09. The van der Waals surface area contributed by atoms with Crippen molar-refractivity contribution < 1.29 is 38.9 Å². The Bertz CT molecular complexity index is 2670. The largest absolute Gasteiger partial charge is 0.398 e. The van der Waals surface area contributed by atoms with Gasteiger partial charge in [-0.15, -0.1) is 20.5 Å². The topological polar surface area (TPSA) is 239 Å². The van der Waals surface area contributed by atoms with Crippen LogP contribution in [0.3, 0.4) is 0 Å². The first-order chi connectivity index (χ1) is 22.1. The van der Waals surface area contributed by atoms with E-state index >= 15 is 0 Å². The van der Waals surface area contributed by atoms with Crippen molar-refractivity contribution in [3.8, 4) is 0 Å². The van der Waals surface area contributed by atoms with Crippen LogP contribution in [-0.4, -0.2) is 38.9 Å². The predicted octanol–water partition coefficient (Wildman–Crippen LogP) is 7.30. The molecular weight excluding hydrogens is 671 g/mol. The molecule has 0 atom stereocenters. The molecule has 0 saturated carbocycles. The van der Waals surface area contributed by atoms with E-state index in [2.05, 4.69) is 20.5 Å². The van der Waals surface area contributed by atoms with E-state index < -0.39 is 40.1 Å². The van der Waals surface area contributed by atoms with Crippen molar-refractivity contribution in [1.82, 2.24) is 0 Å². The Morgan fingerprint density at radius 1 is 0.468 bits per heavy atom. The molecule has 0 aliphatic carbocycles. The SMILES string of the molecule is Nc1ccc(N=Nc2ccc(N=Nc3c(S(=O)(=O)O)ccc4ccc(S(=O)(=O)O)cc34)c3ccccc23)c2cc(S(=O)(=O)O)ccc12. The molecule has 14 nitrogen and oxygen atoms in total. The molecule has 0 spiro atoms. The molecule has 0 heterocycles. The van der Waals surface area contributed by atoms with Gasteiger partial charge in [0.15, 0.2) is 0 Å². The number of nitrogens with two attached hydrogens (primary N) is 1. The molecule has 0 aliphatic heterocycles. The summed E-state index contributed by atoms with van der Waals surface area (Å²) in [4.78, 5) is -1.49. The number of fused-ring (bicyclic) bond motifs is 3. The van der Waals surface area contributed by atoms with Gasteiger partial charge in [-0.3, -0.25) is 13.7 Å². The van der Waals surface area contributed by atoms with Crippen molar-refractivity contribution in [2.75, 3.05) is 5.73 Å². The average Bonchev–Trinajstić information content (AvgIpc) is 3.01. The second-order valence-electron chi connectivity index (χ2n) is 10.2. The van der Waals surface area contributed by atoms with Gasteiger partial charge in [0.2, 0.25) is 0 Å². The Hall–Kier alpha value is -5.17. The highest BCUT2D eigenvalue weighted by molar-refractivity contribution is 7.86. The summed E-state index contributed by atoms with van der Waals surface area (Å²) in [5.74, 6) is 0. The van der Waals surface area contributed by atoms with Crippen LogP contribution >= 0.6 is 0 Å². The summed E-state index contributed by atoms with van der Waals surface area (Å²) in [7, 11) is -14.0. The quantitative estimate of drug-likeness (QED) is 0.0739. The summed E-state index contributed by atoms with van der Waals surface area (Å²) in [5, 5.41) is 19.3. The fourth-order valence-electron chi connectivity index (χ4n) is 4.97. The molecule has 47 heavy (non-hydrogen) atoms. The van der Waals surface area contributed by atoms with Crippen LogP contribution in [0.4, 0.5) is 28.4 Å². The smallest absolute Gasteiger partial charge is 0.296 e. The standard InChI is InChI=1S/C30H21N5O9S3/c31-25-10-11-28(24-16-19(46(39,40)41)8-9-20(24)25)33-32-26-12-13-27(22-4-2-1-3-21(22)26)34-35-30-23-15-18(45(36,37)38)7-5-17(23)6-14-29(30)47(42,43)44/h1-16H,31H2,(H,36,37,38)(H,39,40,41)(H,42,43,44). The molecule has 6 aromatic carbocycles. The van der Waals surface area contributed by atoms with E-state index in [-0.39, 0.29) is 27.3 Å². The summed E-state index contributed by atoms with van der Waals surface area (Å²) in [5.41, 5.74) is 6.95. The van der Waals surface area contributed by atoms with Crippen molar-refractivity contribution in [2.45, 2.75) is 14.7 Å². The number of hydrogen-bond donors (Lipinski definition) is 4. The number of nitrogen functional groups attached to an aromatic ring is 1. The molecule has 238 valence electrons. The van der Waals surface area contributed by atoms with Gasteiger partial charge >= 0.3 is 0 Å². The number of benzene rings is 6. The average molecular weight is 692 g/mol. The minimum absolute atomic E-state index is 0.0124. The molecule has 17 heteroatoms. The predicted molar refractivity (Wildman–Crippen MR) is 174 cm³/mol. The first-order valence-corrected chi connectivity index (χ1v) is 17.6. The third kappa shape index (κ3) is 6.30. The van der Waals surface area contributed by atoms with Gasteiger partial charge in [-0.2, -0.15) is 25.3 Å². The van der Waals surface area contributed by atoms with E-state index in [1.807, 2.05) is 0 Å². The molecular formula is C30H21N5O9S3. The van der Waals surface area contributed by atoms with Gasteiger partial charge in [0.25, 0.3) is 30.4 Å². The molecule has 6 rings (SSSR count). The van der Waals surface area contributed by atoms with Crippen LogP contribution in [0.15, 0.2) is 132 Å². The Labute approximate surface area is 267 Å². The van der Waals surface area contributed by atoms with Crippen molar-refractivity contribution in [1.29, 1.82) is 0 Å². The summed E-state index contributed by atoms with van der Waals surface area (Å²) < 4.78 is 100. The van der Waals surface area contributed by atoms with E-state index in [9.17, 15) is 38.9 Å². The number of hydrogen-bond acceptors (Lipinski definition) is 11. The van der Waals surface area contributed by atoms with Crippen LogP contribution in [0.5, 0.6) is 0 Å². The number of rotatable bonds is 7. The van der Waals surface area contributed by atoms with Crippen molar-refractivity contribution in [3.63, 3.8) is 0 Å². The highest BCUT2D eigenvalue weighted by atomic mass is 32.2. The summed E-state index contributed by atoms with van der Waals surface area (Å²) in [6.07, 6.45) is 0. The van der Waals surface area contributed by atoms with E-state index in [0.717, 1.165) is 18.2 Å². The molecule has 0 saturated heterocycles. The second-order valence-corrected chi connectivity index (χ2v) is 14.4. The Balaban J connectivity index is 1.47. The minimum Gasteiger partial charge on any atom is -0.398 e. The molecule has 0 fully saturated rings. The van der Waals surface area contributed by atoms with Crippen LogP contribution < -0.4 is 5.73 Å². The maximum absolute atomic E-state index is 12.2. The molecule has 0 radical (unpaired) electrons. The lowest BCUT2D eigenvalue weighted by Crippen LogP contribution is -2.00. The van der Waals surface area contributed by atoms with Crippen LogP contribution in [0, 0.1) is 0 Å². The minimum atomic E-state index is -4.84. The third-order valence-electron chi connectivity index (χ3n) is 7.20. The first-order valence-electron chi connectivity index (χ1n) is 13.3. The number of nitrogens with zero attached hydrogens (tertiary/aromatic N) is 4. The maximum Gasteiger partial charge on any atom is 0.296 e. The Kier molecular flexibility index (Phi) is 7.83. The lowest BCUT2D eigenvalue weighted by atomic mass is 10.1. The highest BCUT2D eigenvalue weighted by Crippen LogP contribution is 2.39. The van der Waals surface area contributed by atoms with Crippen molar-refractivity contribution >= 4 is 91.1 Å². The zero-order valence-electron chi connectivity index (χ0n) is 23.6. The Morgan fingerprint density at radius 3 is 1.53 bits per heavy atom. The molecule has 5 N–H and O–H groups in total. The van der Waals surface area contributed by atoms with E-state index in [4.69, 9.17) is 5.73 Å². The summed E-state index contributed by atoms with van der Waals surface area (Å²) >= 11 is 0. The van der Waals surface area contributed by atoms with Crippen LogP contribution in [0.2, 0.25) is 0 Å². The second kappa shape index (κ2) is 11.6. The normalized spacial score (nSPS) is 13.0. The zero-order chi connectivity index (χ0) is 33.7. The molecule has 6 aromatic rings. The number of anilines is 1. The lowest BCUT2D eigenvalue weighted by molar-refractivity contribution is 0.481. The molecule has 0 amide bonds. The van der Waals surface area contributed by atoms with Crippen molar-refractivity contribution in [2.24, 2.45) is 20.5 Å². The van der Waals surface area contributed by atoms with Gasteiger partial charge in [0.1, 0.15) is 10.6 Å². The van der Waals surface area contributed by atoms with Gasteiger partial charge in [0, 0.05) is 32.6 Å². The molecule has 0 unspecified atom stereocenters. The molecule has 0 bridgehead atoms. The fraction of sp³-hybridized carbons (Fsp3) is 0. The van der Waals surface area contributed by atoms with Crippen LogP contribution in [-0.2, 0) is 30.4 Å². The molecule has 0 aromatic heterocycles.